The molecule has 178 valence electrons. The summed E-state index contributed by atoms with van der Waals surface area (Å²) in [6.07, 6.45) is 7.39. The lowest BCUT2D eigenvalue weighted by atomic mass is 10.1. The number of aryl methyl sites for hydroxylation is 1. The van der Waals surface area contributed by atoms with Gasteiger partial charge in [-0.05, 0) is 55.2 Å². The van der Waals surface area contributed by atoms with Gasteiger partial charge in [-0.1, -0.05) is 30.3 Å². The summed E-state index contributed by atoms with van der Waals surface area (Å²) in [5, 5.41) is 7.02. The molecule has 0 saturated carbocycles. The molecule has 0 bridgehead atoms. The molecule has 0 atom stereocenters. The first kappa shape index (κ1) is 22.6. The minimum atomic E-state index is -0.432. The van der Waals surface area contributed by atoms with Gasteiger partial charge >= 0.3 is 0 Å². The van der Waals surface area contributed by atoms with Crippen molar-refractivity contribution in [2.45, 2.75) is 26.3 Å². The van der Waals surface area contributed by atoms with Crippen LogP contribution in [0.5, 0.6) is 0 Å². The van der Waals surface area contributed by atoms with E-state index in [1.54, 1.807) is 13.0 Å². The number of benzene rings is 2. The van der Waals surface area contributed by atoms with Gasteiger partial charge in [0.15, 0.2) is 11.6 Å². The number of fused-ring (bicyclic) bond motifs is 1. The highest BCUT2D eigenvalue weighted by molar-refractivity contribution is 6.03. The van der Waals surface area contributed by atoms with Gasteiger partial charge in [-0.15, -0.1) is 0 Å². The number of rotatable bonds is 7. The van der Waals surface area contributed by atoms with Gasteiger partial charge in [-0.2, -0.15) is 4.98 Å². The number of hydrogen-bond donors (Lipinski definition) is 3. The number of para-hydroxylation sites is 1. The van der Waals surface area contributed by atoms with E-state index in [2.05, 4.69) is 30.5 Å². The Kier molecular flexibility index (Phi) is 6.43. The highest BCUT2D eigenvalue weighted by Gasteiger charge is 2.19. The summed E-state index contributed by atoms with van der Waals surface area (Å²) in [6, 6.07) is 15.4. The summed E-state index contributed by atoms with van der Waals surface area (Å²) in [7, 11) is 0. The molecule has 4 aromatic rings. The molecule has 0 aliphatic carbocycles. The molecule has 8 heteroatoms. The Hall–Kier alpha value is -4.20. The monoisotopic (exact) mass is 470 g/mol. The topological polar surface area (TPSA) is 85.9 Å². The first-order valence-corrected chi connectivity index (χ1v) is 11.7. The number of carbonyl (C=O) groups excluding carboxylic acids is 1. The first-order valence-electron chi connectivity index (χ1n) is 11.7. The van der Waals surface area contributed by atoms with Crippen molar-refractivity contribution in [3.05, 3.63) is 83.4 Å². The SMILES string of the molecule is Cc1nc(N2CCCC2)nc(NCc2ccc(NC(=O)/C=C/c3c[nH]c4ccccc34)cc2)c1F. The molecule has 5 rings (SSSR count). The normalized spacial score (nSPS) is 13.6. The van der Waals surface area contributed by atoms with Crippen molar-refractivity contribution in [1.82, 2.24) is 15.0 Å². The molecule has 1 amide bonds. The molecule has 0 spiro atoms. The third-order valence-electron chi connectivity index (χ3n) is 6.11. The zero-order valence-corrected chi connectivity index (χ0v) is 19.5. The summed E-state index contributed by atoms with van der Waals surface area (Å²) >= 11 is 0. The van der Waals surface area contributed by atoms with Gasteiger partial charge in [0.25, 0.3) is 0 Å². The van der Waals surface area contributed by atoms with Gasteiger partial charge in [0, 0.05) is 48.5 Å². The fourth-order valence-corrected chi connectivity index (χ4v) is 4.19. The Morgan fingerprint density at radius 2 is 1.89 bits per heavy atom. The molecule has 3 N–H and O–H groups in total. The fourth-order valence-electron chi connectivity index (χ4n) is 4.19. The Bertz CT molecular complexity index is 1370. The van der Waals surface area contributed by atoms with E-state index in [9.17, 15) is 9.18 Å². The van der Waals surface area contributed by atoms with Gasteiger partial charge in [0.2, 0.25) is 11.9 Å². The molecule has 0 unspecified atom stereocenters. The van der Waals surface area contributed by atoms with Crippen molar-refractivity contribution in [1.29, 1.82) is 0 Å². The van der Waals surface area contributed by atoms with Crippen LogP contribution in [0.4, 0.5) is 21.8 Å². The summed E-state index contributed by atoms with van der Waals surface area (Å²) < 4.78 is 14.6. The van der Waals surface area contributed by atoms with E-state index in [4.69, 9.17) is 0 Å². The van der Waals surface area contributed by atoms with Gasteiger partial charge < -0.3 is 20.5 Å². The van der Waals surface area contributed by atoms with Crippen LogP contribution in [0.3, 0.4) is 0 Å². The number of hydrogen-bond acceptors (Lipinski definition) is 5. The second-order valence-corrected chi connectivity index (χ2v) is 8.63. The van der Waals surface area contributed by atoms with Crippen LogP contribution >= 0.6 is 0 Å². The molecular weight excluding hydrogens is 443 g/mol. The first-order chi connectivity index (χ1) is 17.1. The van der Waals surface area contributed by atoms with Crippen LogP contribution in [0.25, 0.3) is 17.0 Å². The van der Waals surface area contributed by atoms with Crippen molar-refractivity contribution < 1.29 is 9.18 Å². The van der Waals surface area contributed by atoms with Crippen molar-refractivity contribution in [2.75, 3.05) is 28.6 Å². The molecule has 1 aliphatic heterocycles. The molecule has 2 aromatic heterocycles. The summed E-state index contributed by atoms with van der Waals surface area (Å²) in [4.78, 5) is 26.4. The predicted octanol–water partition coefficient (Wildman–Crippen LogP) is 5.27. The van der Waals surface area contributed by atoms with Crippen molar-refractivity contribution in [3.8, 4) is 0 Å². The number of carbonyl (C=O) groups is 1. The van der Waals surface area contributed by atoms with E-state index < -0.39 is 5.82 Å². The molecule has 0 radical (unpaired) electrons. The quantitative estimate of drug-likeness (QED) is 0.321. The average Bonchev–Trinajstić information content (AvgIpc) is 3.55. The summed E-state index contributed by atoms with van der Waals surface area (Å²) in [5.74, 6) is 0.134. The maximum Gasteiger partial charge on any atom is 0.248 e. The Morgan fingerprint density at radius 1 is 1.11 bits per heavy atom. The number of aromatic nitrogens is 3. The van der Waals surface area contributed by atoms with E-state index >= 15 is 0 Å². The highest BCUT2D eigenvalue weighted by Crippen LogP contribution is 2.23. The number of anilines is 3. The van der Waals surface area contributed by atoms with E-state index in [1.807, 2.05) is 54.7 Å². The molecule has 7 nitrogen and oxygen atoms in total. The van der Waals surface area contributed by atoms with Crippen LogP contribution in [0.15, 0.2) is 60.8 Å². The lowest BCUT2D eigenvalue weighted by Crippen LogP contribution is -2.22. The number of halogens is 1. The number of amides is 1. The number of nitrogens with zero attached hydrogens (tertiary/aromatic N) is 3. The third-order valence-corrected chi connectivity index (χ3v) is 6.11. The molecule has 1 aliphatic rings. The standard InChI is InChI=1S/C27H27FN6O/c1-18-25(28)26(33-27(31-18)34-14-4-5-15-34)30-16-19-8-11-21(12-9-19)32-24(35)13-10-20-17-29-23-7-3-2-6-22(20)23/h2-3,6-13,17,29H,4-5,14-16H2,1H3,(H,32,35)(H,30,31,33)/b13-10+. The Morgan fingerprint density at radius 3 is 2.69 bits per heavy atom. The second kappa shape index (κ2) is 9.97. The van der Waals surface area contributed by atoms with Crippen LogP contribution in [0.2, 0.25) is 0 Å². The number of aromatic amines is 1. The Balaban J connectivity index is 1.19. The average molecular weight is 471 g/mol. The lowest BCUT2D eigenvalue weighted by molar-refractivity contribution is -0.111. The van der Waals surface area contributed by atoms with Crippen LogP contribution < -0.4 is 15.5 Å². The van der Waals surface area contributed by atoms with Crippen molar-refractivity contribution >= 4 is 40.3 Å². The smallest absolute Gasteiger partial charge is 0.248 e. The second-order valence-electron chi connectivity index (χ2n) is 8.63. The molecular formula is C27H27FN6O. The number of H-pyrrole nitrogens is 1. The molecule has 3 heterocycles. The van der Waals surface area contributed by atoms with E-state index in [0.717, 1.165) is 48.0 Å². The summed E-state index contributed by atoms with van der Waals surface area (Å²) in [5.41, 5.74) is 3.94. The zero-order chi connectivity index (χ0) is 24.2. The van der Waals surface area contributed by atoms with Crippen LogP contribution in [-0.4, -0.2) is 33.9 Å². The predicted molar refractivity (Wildman–Crippen MR) is 138 cm³/mol. The van der Waals surface area contributed by atoms with Gasteiger partial charge in [0.1, 0.15) is 0 Å². The molecule has 1 saturated heterocycles. The molecule has 2 aromatic carbocycles. The van der Waals surface area contributed by atoms with Crippen LogP contribution in [0.1, 0.15) is 29.7 Å². The lowest BCUT2D eigenvalue weighted by Gasteiger charge is -2.17. The minimum Gasteiger partial charge on any atom is -0.363 e. The largest absolute Gasteiger partial charge is 0.363 e. The van der Waals surface area contributed by atoms with Gasteiger partial charge in [0.05, 0.1) is 5.69 Å². The number of nitrogens with one attached hydrogen (secondary N) is 3. The van der Waals surface area contributed by atoms with E-state index in [-0.39, 0.29) is 11.7 Å². The maximum atomic E-state index is 14.6. The highest BCUT2D eigenvalue weighted by atomic mass is 19.1. The van der Waals surface area contributed by atoms with E-state index in [1.165, 1.54) is 6.08 Å². The molecule has 35 heavy (non-hydrogen) atoms. The molecule has 1 fully saturated rings. The summed E-state index contributed by atoms with van der Waals surface area (Å²) in [6.45, 7) is 3.86. The van der Waals surface area contributed by atoms with E-state index in [0.29, 0.717) is 23.9 Å². The Labute approximate surface area is 203 Å². The van der Waals surface area contributed by atoms with Crippen LogP contribution in [0, 0.1) is 12.7 Å². The fraction of sp³-hybridized carbons (Fsp3) is 0.222. The minimum absolute atomic E-state index is 0.208. The van der Waals surface area contributed by atoms with Gasteiger partial charge in [-0.3, -0.25) is 4.79 Å². The zero-order valence-electron chi connectivity index (χ0n) is 19.5. The van der Waals surface area contributed by atoms with Crippen molar-refractivity contribution in [3.63, 3.8) is 0 Å². The maximum absolute atomic E-state index is 14.6. The van der Waals surface area contributed by atoms with Gasteiger partial charge in [-0.25, -0.2) is 9.37 Å². The third kappa shape index (κ3) is 5.16. The van der Waals surface area contributed by atoms with Crippen molar-refractivity contribution in [2.24, 2.45) is 0 Å². The van der Waals surface area contributed by atoms with Crippen LogP contribution in [-0.2, 0) is 11.3 Å².